The Bertz CT molecular complexity index is 1140. The van der Waals surface area contributed by atoms with Crippen LogP contribution in [0.1, 0.15) is 34.3 Å². The number of hydrogen-bond donors (Lipinski definition) is 1. The molecule has 2 amide bonds. The molecule has 0 atom stereocenters. The van der Waals surface area contributed by atoms with E-state index in [4.69, 9.17) is 4.74 Å². The van der Waals surface area contributed by atoms with E-state index in [1.54, 1.807) is 41.3 Å². The maximum absolute atomic E-state index is 13.1. The van der Waals surface area contributed by atoms with Crippen LogP contribution in [0.25, 0.3) is 0 Å². The highest BCUT2D eigenvalue weighted by molar-refractivity contribution is 7.89. The van der Waals surface area contributed by atoms with Crippen molar-refractivity contribution in [2.75, 3.05) is 39.8 Å². The maximum atomic E-state index is 13.1. The number of fused-ring (bicyclic) bond motifs is 1. The van der Waals surface area contributed by atoms with Crippen LogP contribution in [-0.2, 0) is 27.7 Å². The van der Waals surface area contributed by atoms with Gasteiger partial charge in [-0.05, 0) is 54.7 Å². The topological polar surface area (TPSA) is 96.0 Å². The van der Waals surface area contributed by atoms with Crippen molar-refractivity contribution in [3.8, 4) is 5.75 Å². The zero-order valence-corrected chi connectivity index (χ0v) is 19.6. The van der Waals surface area contributed by atoms with Crippen molar-refractivity contribution in [2.45, 2.75) is 30.6 Å². The molecule has 176 valence electrons. The van der Waals surface area contributed by atoms with E-state index in [0.29, 0.717) is 29.3 Å². The Kier molecular flexibility index (Phi) is 6.99. The first-order chi connectivity index (χ1) is 15.9. The number of carbonyl (C=O) groups is 2. The van der Waals surface area contributed by atoms with Gasteiger partial charge in [-0.15, -0.1) is 0 Å². The number of rotatable bonds is 7. The molecule has 9 heteroatoms. The highest BCUT2D eigenvalue weighted by atomic mass is 32.2. The zero-order chi connectivity index (χ0) is 23.4. The monoisotopic (exact) mass is 471 g/mol. The first-order valence-electron chi connectivity index (χ1n) is 11.2. The standard InChI is InChI=1S/C24H29N3O5S/c1-32-22-8-3-2-7-21(22)24(29)25-12-11-23(28)26-13-15-27(16-14-26)33(30,31)20-10-9-18-5-4-6-19(18)17-20/h2-3,7-10,17H,4-6,11-16H2,1H3,(H,25,29). The Morgan fingerprint density at radius 2 is 1.73 bits per heavy atom. The van der Waals surface area contributed by atoms with Gasteiger partial charge in [-0.1, -0.05) is 18.2 Å². The van der Waals surface area contributed by atoms with Gasteiger partial charge in [-0.3, -0.25) is 9.59 Å². The molecule has 1 heterocycles. The molecule has 0 saturated carbocycles. The number of para-hydroxylation sites is 1. The number of benzene rings is 2. The highest BCUT2D eigenvalue weighted by Crippen LogP contribution is 2.26. The molecule has 2 aliphatic rings. The van der Waals surface area contributed by atoms with Gasteiger partial charge in [0.05, 0.1) is 17.6 Å². The molecular weight excluding hydrogens is 442 g/mol. The van der Waals surface area contributed by atoms with E-state index in [2.05, 4.69) is 5.32 Å². The summed E-state index contributed by atoms with van der Waals surface area (Å²) < 4.78 is 32.8. The van der Waals surface area contributed by atoms with Gasteiger partial charge in [0.25, 0.3) is 5.91 Å². The van der Waals surface area contributed by atoms with Gasteiger partial charge in [0.1, 0.15) is 5.75 Å². The van der Waals surface area contributed by atoms with Crippen LogP contribution in [0.2, 0.25) is 0 Å². The minimum Gasteiger partial charge on any atom is -0.496 e. The van der Waals surface area contributed by atoms with Gasteiger partial charge in [-0.25, -0.2) is 8.42 Å². The Balaban J connectivity index is 1.27. The quantitative estimate of drug-likeness (QED) is 0.665. The summed E-state index contributed by atoms with van der Waals surface area (Å²) in [6, 6.07) is 12.3. The van der Waals surface area contributed by atoms with Gasteiger partial charge >= 0.3 is 0 Å². The molecule has 2 aromatic carbocycles. The van der Waals surface area contributed by atoms with E-state index in [9.17, 15) is 18.0 Å². The van der Waals surface area contributed by atoms with Crippen LogP contribution in [0.4, 0.5) is 0 Å². The van der Waals surface area contributed by atoms with Gasteiger partial charge in [0.2, 0.25) is 15.9 Å². The average molecular weight is 472 g/mol. The van der Waals surface area contributed by atoms with Crippen LogP contribution < -0.4 is 10.1 Å². The molecule has 1 N–H and O–H groups in total. The fourth-order valence-electron chi connectivity index (χ4n) is 4.40. The first-order valence-corrected chi connectivity index (χ1v) is 12.6. The largest absolute Gasteiger partial charge is 0.496 e. The van der Waals surface area contributed by atoms with Gasteiger partial charge in [0, 0.05) is 39.1 Å². The van der Waals surface area contributed by atoms with Crippen LogP contribution in [0.15, 0.2) is 47.4 Å². The van der Waals surface area contributed by atoms with Gasteiger partial charge in [0.15, 0.2) is 0 Å². The second-order valence-electron chi connectivity index (χ2n) is 8.28. The molecule has 0 spiro atoms. The molecule has 0 aromatic heterocycles. The van der Waals surface area contributed by atoms with E-state index < -0.39 is 10.0 Å². The predicted molar refractivity (Wildman–Crippen MR) is 124 cm³/mol. The van der Waals surface area contributed by atoms with Crippen molar-refractivity contribution in [2.24, 2.45) is 0 Å². The number of sulfonamides is 1. The molecule has 4 rings (SSSR count). The van der Waals surface area contributed by atoms with Crippen molar-refractivity contribution in [1.29, 1.82) is 0 Å². The van der Waals surface area contributed by atoms with Gasteiger partial charge < -0.3 is 15.0 Å². The lowest BCUT2D eigenvalue weighted by molar-refractivity contribution is -0.132. The lowest BCUT2D eigenvalue weighted by atomic mass is 10.1. The van der Waals surface area contributed by atoms with Crippen LogP contribution in [0.3, 0.4) is 0 Å². The molecule has 1 aliphatic carbocycles. The van der Waals surface area contributed by atoms with Crippen LogP contribution in [-0.4, -0.2) is 69.3 Å². The van der Waals surface area contributed by atoms with E-state index in [0.717, 1.165) is 24.8 Å². The van der Waals surface area contributed by atoms with Crippen molar-refractivity contribution < 1.29 is 22.7 Å². The minimum absolute atomic E-state index is 0.107. The number of hydrogen-bond acceptors (Lipinski definition) is 5. The third-order valence-corrected chi connectivity index (χ3v) is 8.17. The summed E-state index contributed by atoms with van der Waals surface area (Å²) >= 11 is 0. The molecule has 1 aliphatic heterocycles. The Labute approximate surface area is 194 Å². The normalized spacial score (nSPS) is 16.3. The number of piperazine rings is 1. The molecule has 0 radical (unpaired) electrons. The van der Waals surface area contributed by atoms with Crippen molar-refractivity contribution in [1.82, 2.24) is 14.5 Å². The number of aryl methyl sites for hydroxylation is 2. The molecule has 8 nitrogen and oxygen atoms in total. The van der Waals surface area contributed by atoms with Crippen molar-refractivity contribution >= 4 is 21.8 Å². The van der Waals surface area contributed by atoms with E-state index in [-0.39, 0.29) is 37.9 Å². The summed E-state index contributed by atoms with van der Waals surface area (Å²) in [6.07, 6.45) is 3.15. The fourth-order valence-corrected chi connectivity index (χ4v) is 5.88. The van der Waals surface area contributed by atoms with E-state index >= 15 is 0 Å². The Morgan fingerprint density at radius 3 is 2.48 bits per heavy atom. The summed E-state index contributed by atoms with van der Waals surface area (Å²) in [6.45, 7) is 1.40. The Hall–Kier alpha value is -2.91. The van der Waals surface area contributed by atoms with Gasteiger partial charge in [-0.2, -0.15) is 4.31 Å². The molecule has 0 bridgehead atoms. The zero-order valence-electron chi connectivity index (χ0n) is 18.7. The second kappa shape index (κ2) is 9.93. The molecule has 0 unspecified atom stereocenters. The third-order valence-electron chi connectivity index (χ3n) is 6.28. The summed E-state index contributed by atoms with van der Waals surface area (Å²) in [4.78, 5) is 26.9. The van der Waals surface area contributed by atoms with Crippen molar-refractivity contribution in [3.63, 3.8) is 0 Å². The fraction of sp³-hybridized carbons (Fsp3) is 0.417. The van der Waals surface area contributed by atoms with Crippen LogP contribution in [0.5, 0.6) is 5.75 Å². The summed E-state index contributed by atoms with van der Waals surface area (Å²) in [5.41, 5.74) is 2.78. The number of ether oxygens (including phenoxy) is 1. The highest BCUT2D eigenvalue weighted by Gasteiger charge is 2.30. The molecular formula is C24H29N3O5S. The number of nitrogens with one attached hydrogen (secondary N) is 1. The predicted octanol–water partition coefficient (Wildman–Crippen LogP) is 1.84. The number of carbonyl (C=O) groups excluding carboxylic acids is 2. The Morgan fingerprint density at radius 1 is 1.00 bits per heavy atom. The smallest absolute Gasteiger partial charge is 0.255 e. The summed E-state index contributed by atoms with van der Waals surface area (Å²) in [5, 5.41) is 2.75. The lowest BCUT2D eigenvalue weighted by Crippen LogP contribution is -2.50. The van der Waals surface area contributed by atoms with Crippen molar-refractivity contribution in [3.05, 3.63) is 59.2 Å². The summed E-state index contributed by atoms with van der Waals surface area (Å²) in [5.74, 6) is 0.0671. The molecule has 33 heavy (non-hydrogen) atoms. The van der Waals surface area contributed by atoms with Crippen LogP contribution in [0, 0.1) is 0 Å². The number of nitrogens with zero attached hydrogens (tertiary/aromatic N) is 2. The molecule has 1 saturated heterocycles. The number of methoxy groups -OCH3 is 1. The number of amides is 2. The first kappa shape index (κ1) is 23.3. The third kappa shape index (κ3) is 5.04. The second-order valence-corrected chi connectivity index (χ2v) is 10.2. The SMILES string of the molecule is COc1ccccc1C(=O)NCCC(=O)N1CCN(S(=O)(=O)c2ccc3c(c2)CCC3)CC1. The molecule has 1 fully saturated rings. The summed E-state index contributed by atoms with van der Waals surface area (Å²) in [7, 11) is -2.07. The lowest BCUT2D eigenvalue weighted by Gasteiger charge is -2.34. The molecule has 2 aromatic rings. The average Bonchev–Trinajstić information content (AvgIpc) is 3.32. The van der Waals surface area contributed by atoms with Crippen LogP contribution >= 0.6 is 0 Å². The van der Waals surface area contributed by atoms with E-state index in [1.165, 1.54) is 17.0 Å². The maximum Gasteiger partial charge on any atom is 0.255 e. The minimum atomic E-state index is -3.57. The van der Waals surface area contributed by atoms with E-state index in [1.807, 2.05) is 6.07 Å².